The molecule has 108 valence electrons. The number of fused-ring (bicyclic) bond motifs is 1. The number of aliphatic hydroxyl groups is 2. The predicted octanol–water partition coefficient (Wildman–Crippen LogP) is -0.734. The van der Waals surface area contributed by atoms with Crippen LogP contribution in [0.15, 0.2) is 6.33 Å². The molecule has 3 heterocycles. The first-order chi connectivity index (χ1) is 9.52. The normalized spacial score (nSPS) is 30.2. The molecule has 0 aromatic carbocycles. The quantitative estimate of drug-likeness (QED) is 0.539. The van der Waals surface area contributed by atoms with Crippen molar-refractivity contribution in [3.05, 3.63) is 12.2 Å². The van der Waals surface area contributed by atoms with Gasteiger partial charge in [-0.1, -0.05) is 0 Å². The minimum atomic E-state index is -0.869. The molecule has 3 rings (SSSR count). The molecule has 4 atom stereocenters. The molecule has 20 heavy (non-hydrogen) atoms. The van der Waals surface area contributed by atoms with Gasteiger partial charge in [0.2, 0.25) is 0 Å². The van der Waals surface area contributed by atoms with Gasteiger partial charge in [0.25, 0.3) is 0 Å². The number of aryl methyl sites for hydroxylation is 1. The third-order valence-corrected chi connectivity index (χ3v) is 3.91. The van der Waals surface area contributed by atoms with E-state index in [-0.39, 0.29) is 6.61 Å². The summed E-state index contributed by atoms with van der Waals surface area (Å²) in [6, 6.07) is 0. The van der Waals surface area contributed by atoms with Crippen LogP contribution in [0.2, 0.25) is 0 Å². The summed E-state index contributed by atoms with van der Waals surface area (Å²) < 4.78 is 7.26. The Labute approximate surface area is 120 Å². The molecule has 8 nitrogen and oxygen atoms in total. The Bertz CT molecular complexity index is 648. The van der Waals surface area contributed by atoms with Gasteiger partial charge in [-0.3, -0.25) is 4.57 Å². The summed E-state index contributed by atoms with van der Waals surface area (Å²) in [6.45, 7) is 1.45. The van der Waals surface area contributed by atoms with Crippen LogP contribution in [-0.2, 0) is 4.74 Å². The number of imidazole rings is 1. The Hall–Kier alpha value is -1.42. The van der Waals surface area contributed by atoms with E-state index < -0.39 is 23.7 Å². The number of nitrogens with zero attached hydrogens (tertiary/aromatic N) is 4. The number of thiol groups is 1. The molecule has 0 unspecified atom stereocenters. The first kappa shape index (κ1) is 13.6. The standard InChI is InChI=1S/C11H15N5O3S/c1-4-14-9(12)6-10(15-4)16(3-13-6)11-8(20)7(18)5(2-17)19-11/h3,5,7-8,11,17-18,20H,2H2,1H3,(H2,12,14,15)/t5-,7-,8-,11-/m1/s1. The molecular weight excluding hydrogens is 282 g/mol. The van der Waals surface area contributed by atoms with Crippen molar-refractivity contribution in [2.45, 2.75) is 30.6 Å². The van der Waals surface area contributed by atoms with Gasteiger partial charge in [0.15, 0.2) is 17.7 Å². The van der Waals surface area contributed by atoms with Crippen molar-refractivity contribution in [3.8, 4) is 0 Å². The fourth-order valence-electron chi connectivity index (χ4n) is 2.35. The van der Waals surface area contributed by atoms with Crippen molar-refractivity contribution >= 4 is 29.6 Å². The van der Waals surface area contributed by atoms with Crippen LogP contribution in [0.1, 0.15) is 12.1 Å². The van der Waals surface area contributed by atoms with Crippen LogP contribution in [-0.4, -0.2) is 53.8 Å². The van der Waals surface area contributed by atoms with Crippen LogP contribution >= 0.6 is 12.6 Å². The minimum absolute atomic E-state index is 0.280. The number of nitrogens with two attached hydrogens (primary N) is 1. The zero-order chi connectivity index (χ0) is 14.4. The molecule has 2 aromatic rings. The number of aliphatic hydroxyl groups excluding tert-OH is 2. The van der Waals surface area contributed by atoms with Crippen molar-refractivity contribution in [1.82, 2.24) is 19.5 Å². The highest BCUT2D eigenvalue weighted by Crippen LogP contribution is 2.34. The van der Waals surface area contributed by atoms with Crippen molar-refractivity contribution in [3.63, 3.8) is 0 Å². The molecule has 0 radical (unpaired) electrons. The molecule has 0 amide bonds. The molecular formula is C11H15N5O3S. The molecule has 0 bridgehead atoms. The van der Waals surface area contributed by atoms with Crippen LogP contribution in [0, 0.1) is 6.92 Å². The summed E-state index contributed by atoms with van der Waals surface area (Å²) in [7, 11) is 0. The second-order valence-electron chi connectivity index (χ2n) is 4.71. The topological polar surface area (TPSA) is 119 Å². The van der Waals surface area contributed by atoms with E-state index in [2.05, 4.69) is 27.6 Å². The summed E-state index contributed by atoms with van der Waals surface area (Å²) in [6.07, 6.45) is -0.606. The maximum atomic E-state index is 9.96. The molecule has 0 aliphatic carbocycles. The Morgan fingerprint density at radius 2 is 2.25 bits per heavy atom. The summed E-state index contributed by atoms with van der Waals surface area (Å²) in [5.41, 5.74) is 6.80. The number of hydrogen-bond acceptors (Lipinski definition) is 8. The molecule has 2 aromatic heterocycles. The number of aromatic nitrogens is 4. The van der Waals surface area contributed by atoms with Gasteiger partial charge in [-0.15, -0.1) is 0 Å². The molecule has 0 spiro atoms. The van der Waals surface area contributed by atoms with Crippen LogP contribution in [0.5, 0.6) is 0 Å². The Morgan fingerprint density at radius 1 is 1.50 bits per heavy atom. The van der Waals surface area contributed by atoms with Crippen molar-refractivity contribution in [2.75, 3.05) is 12.3 Å². The van der Waals surface area contributed by atoms with E-state index in [4.69, 9.17) is 10.5 Å². The number of rotatable bonds is 2. The second kappa shape index (κ2) is 4.85. The van der Waals surface area contributed by atoms with E-state index in [0.717, 1.165) is 0 Å². The van der Waals surface area contributed by atoms with E-state index in [1.807, 2.05) is 0 Å². The largest absolute Gasteiger partial charge is 0.394 e. The number of nitrogen functional groups attached to an aromatic ring is 1. The third-order valence-electron chi connectivity index (χ3n) is 3.35. The van der Waals surface area contributed by atoms with E-state index in [1.165, 1.54) is 6.33 Å². The molecule has 1 aliphatic heterocycles. The average molecular weight is 297 g/mol. The molecule has 4 N–H and O–H groups in total. The fourth-order valence-corrected chi connectivity index (χ4v) is 2.75. The summed E-state index contributed by atoms with van der Waals surface area (Å²) in [4.78, 5) is 12.5. The average Bonchev–Trinajstić information content (AvgIpc) is 2.93. The zero-order valence-electron chi connectivity index (χ0n) is 10.7. The molecule has 1 saturated heterocycles. The van der Waals surface area contributed by atoms with Crippen LogP contribution in [0.3, 0.4) is 0 Å². The van der Waals surface area contributed by atoms with Gasteiger partial charge >= 0.3 is 0 Å². The lowest BCUT2D eigenvalue weighted by Crippen LogP contribution is -2.30. The Balaban J connectivity index is 2.07. The SMILES string of the molecule is Cc1nc(N)c2ncn([C@@H]3O[C@H](CO)[C@@H](O)[C@H]3S)c2n1. The predicted molar refractivity (Wildman–Crippen MR) is 74.2 cm³/mol. The Morgan fingerprint density at radius 3 is 2.90 bits per heavy atom. The van der Waals surface area contributed by atoms with Crippen molar-refractivity contribution in [1.29, 1.82) is 0 Å². The smallest absolute Gasteiger partial charge is 0.167 e. The van der Waals surface area contributed by atoms with Gasteiger partial charge in [0.05, 0.1) is 24.3 Å². The second-order valence-corrected chi connectivity index (χ2v) is 5.31. The maximum absolute atomic E-state index is 9.96. The van der Waals surface area contributed by atoms with E-state index in [0.29, 0.717) is 22.8 Å². The van der Waals surface area contributed by atoms with Gasteiger partial charge in [0, 0.05) is 0 Å². The molecule has 0 saturated carbocycles. The number of ether oxygens (including phenoxy) is 1. The lowest BCUT2D eigenvalue weighted by molar-refractivity contribution is -0.0430. The summed E-state index contributed by atoms with van der Waals surface area (Å²) in [5.74, 6) is 0.809. The van der Waals surface area contributed by atoms with Gasteiger partial charge in [-0.2, -0.15) is 12.6 Å². The van der Waals surface area contributed by atoms with Crippen LogP contribution in [0.25, 0.3) is 11.2 Å². The molecule has 9 heteroatoms. The summed E-state index contributed by atoms with van der Waals surface area (Å²) >= 11 is 4.35. The van der Waals surface area contributed by atoms with Crippen LogP contribution in [0.4, 0.5) is 5.82 Å². The van der Waals surface area contributed by atoms with E-state index in [1.54, 1.807) is 11.5 Å². The third kappa shape index (κ3) is 1.94. The minimum Gasteiger partial charge on any atom is -0.394 e. The summed E-state index contributed by atoms with van der Waals surface area (Å²) in [5, 5.41) is 18.6. The van der Waals surface area contributed by atoms with Crippen molar-refractivity contribution in [2.24, 2.45) is 0 Å². The van der Waals surface area contributed by atoms with Gasteiger partial charge in [-0.25, -0.2) is 15.0 Å². The van der Waals surface area contributed by atoms with Crippen LogP contribution < -0.4 is 5.73 Å². The van der Waals surface area contributed by atoms with Gasteiger partial charge < -0.3 is 20.7 Å². The highest BCUT2D eigenvalue weighted by Gasteiger charge is 2.43. The zero-order valence-corrected chi connectivity index (χ0v) is 11.6. The van der Waals surface area contributed by atoms with Gasteiger partial charge in [-0.05, 0) is 6.92 Å². The highest BCUT2D eigenvalue weighted by atomic mass is 32.1. The molecule has 1 aliphatic rings. The first-order valence-corrected chi connectivity index (χ1v) is 6.63. The Kier molecular flexibility index (Phi) is 3.28. The van der Waals surface area contributed by atoms with E-state index >= 15 is 0 Å². The van der Waals surface area contributed by atoms with E-state index in [9.17, 15) is 10.2 Å². The maximum Gasteiger partial charge on any atom is 0.167 e. The monoisotopic (exact) mass is 297 g/mol. The lowest BCUT2D eigenvalue weighted by atomic mass is 10.2. The number of anilines is 1. The number of hydrogen-bond donors (Lipinski definition) is 4. The van der Waals surface area contributed by atoms with Gasteiger partial charge in [0.1, 0.15) is 17.4 Å². The lowest BCUT2D eigenvalue weighted by Gasteiger charge is -2.16. The van der Waals surface area contributed by atoms with Crippen molar-refractivity contribution < 1.29 is 14.9 Å². The molecule has 1 fully saturated rings. The fraction of sp³-hybridized carbons (Fsp3) is 0.545. The first-order valence-electron chi connectivity index (χ1n) is 6.12. The highest BCUT2D eigenvalue weighted by molar-refractivity contribution is 7.81.